The molecule has 18 rings (SSSR count). The largest absolute Gasteiger partial charge is 0.308 e. The van der Waals surface area contributed by atoms with Crippen molar-refractivity contribution < 1.29 is 0 Å². The summed E-state index contributed by atoms with van der Waals surface area (Å²) in [4.78, 5) is 5.83. The molecule has 2 nitrogen and oxygen atoms in total. The van der Waals surface area contributed by atoms with Gasteiger partial charge in [-0.15, -0.1) is 0 Å². The summed E-state index contributed by atoms with van der Waals surface area (Å²) < 4.78 is 0. The Morgan fingerprint density at radius 1 is 0.243 bits per heavy atom. The van der Waals surface area contributed by atoms with Crippen molar-refractivity contribution in [2.45, 2.75) is 105 Å². The van der Waals surface area contributed by atoms with Gasteiger partial charge in [0.1, 0.15) is 0 Å². The Morgan fingerprint density at radius 2 is 0.543 bits per heavy atom. The summed E-state index contributed by atoms with van der Waals surface area (Å²) in [5.41, 5.74) is 47.2. The normalized spacial score (nSPS) is 16.4. The van der Waals surface area contributed by atoms with E-state index in [1.807, 2.05) is 0 Å². The Bertz CT molecular complexity index is 4070. The zero-order valence-corrected chi connectivity index (χ0v) is 42.4. The number of hydrogen-bond donors (Lipinski definition) is 0. The lowest BCUT2D eigenvalue weighted by molar-refractivity contribution is 0.590. The van der Waals surface area contributed by atoms with Crippen molar-refractivity contribution in [3.05, 3.63) is 119 Å². The van der Waals surface area contributed by atoms with E-state index in [2.05, 4.69) is 190 Å². The van der Waals surface area contributed by atoms with Crippen molar-refractivity contribution in [2.24, 2.45) is 0 Å². The molecule has 0 N–H and O–H groups in total. The number of fused-ring (bicyclic) bond motifs is 14. The molecule has 70 heavy (non-hydrogen) atoms. The molecule has 10 aliphatic rings. The van der Waals surface area contributed by atoms with Crippen molar-refractivity contribution >= 4 is 127 Å². The van der Waals surface area contributed by atoms with Gasteiger partial charge in [-0.2, -0.15) is 0 Å². The molecule has 0 unspecified atom stereocenters. The highest BCUT2D eigenvalue weighted by Gasteiger charge is 2.62. The van der Waals surface area contributed by atoms with Crippen LogP contribution in [0.2, 0.25) is 0 Å². The van der Waals surface area contributed by atoms with E-state index in [1.54, 1.807) is 21.9 Å². The van der Waals surface area contributed by atoms with Crippen LogP contribution in [0.5, 0.6) is 0 Å². The Morgan fingerprint density at radius 3 is 0.971 bits per heavy atom. The molecule has 6 heteroatoms. The maximum atomic E-state index is 2.92. The number of hydrogen-bond acceptors (Lipinski definition) is 2. The lowest BCUT2D eigenvalue weighted by Gasteiger charge is -2.54. The molecule has 10 aliphatic heterocycles. The minimum Gasteiger partial charge on any atom is -0.308 e. The number of rotatable bonds is 0. The van der Waals surface area contributed by atoms with Gasteiger partial charge in [0.05, 0.1) is 22.7 Å². The van der Waals surface area contributed by atoms with Gasteiger partial charge >= 0.3 is 0 Å². The summed E-state index contributed by atoms with van der Waals surface area (Å²) in [5, 5.41) is 0. The second-order valence-corrected chi connectivity index (χ2v) is 27.2. The molecule has 0 aliphatic carbocycles. The molecule has 0 saturated carbocycles. The average molecular weight is 892 g/mol. The van der Waals surface area contributed by atoms with Gasteiger partial charge in [0, 0.05) is 11.4 Å². The van der Waals surface area contributed by atoms with Crippen LogP contribution >= 0.6 is 0 Å². The highest BCUT2D eigenvalue weighted by Crippen LogP contribution is 2.61. The van der Waals surface area contributed by atoms with Crippen molar-refractivity contribution in [2.75, 3.05) is 9.80 Å². The van der Waals surface area contributed by atoms with Crippen LogP contribution in [0.4, 0.5) is 34.1 Å². The van der Waals surface area contributed by atoms with E-state index in [0.717, 1.165) is 0 Å². The lowest BCUT2D eigenvalue weighted by Crippen LogP contribution is -2.68. The zero-order chi connectivity index (χ0) is 47.3. The fraction of sp³-hybridized carbons (Fsp3) is 0.250. The summed E-state index contributed by atoms with van der Waals surface area (Å²) in [6, 6.07) is 41.3. The first-order chi connectivity index (χ1) is 33.3. The Balaban J connectivity index is 1.05. The number of benzene rings is 8. The van der Waals surface area contributed by atoms with Gasteiger partial charge in [0.25, 0.3) is 0 Å². The summed E-state index contributed by atoms with van der Waals surface area (Å²) in [7, 11) is 0. The molecule has 0 fully saturated rings. The molecule has 0 radical (unpaired) electrons. The van der Waals surface area contributed by atoms with E-state index in [-0.39, 0.29) is 48.5 Å². The maximum Gasteiger partial charge on any atom is 0.249 e. The highest BCUT2D eigenvalue weighted by atomic mass is 15.3. The second-order valence-electron chi connectivity index (χ2n) is 27.2. The number of nitrogens with zero attached hydrogens (tertiary/aromatic N) is 2. The molecule has 10 heterocycles. The summed E-state index contributed by atoms with van der Waals surface area (Å²) >= 11 is 0. The Hall–Kier alpha value is -6.38. The first-order valence-electron chi connectivity index (χ1n) is 26.3. The SMILES string of the molecule is CC(C)(C)c1ccc2c(c1)-c1cc3c4c5c1B2c1ccc2c6c1N5c1c(cc5c7c1N6c1c6c(cc8c1B7c1c-8cc(C(C)(C)C)cc1-5)-c1cc(C(C)(C)C)ccc1B26)B4c1ccc(C(C)(C)C)cc1-3. The minimum absolute atomic E-state index is 0.00135. The molecule has 8 aromatic carbocycles. The van der Waals surface area contributed by atoms with Crippen LogP contribution in [-0.2, 0) is 21.7 Å². The van der Waals surface area contributed by atoms with Crippen LogP contribution in [0.1, 0.15) is 105 Å². The van der Waals surface area contributed by atoms with Crippen LogP contribution in [0.15, 0.2) is 97.1 Å². The van der Waals surface area contributed by atoms with E-state index >= 15 is 0 Å². The van der Waals surface area contributed by atoms with Crippen LogP contribution in [0.25, 0.3) is 55.6 Å². The van der Waals surface area contributed by atoms with Crippen molar-refractivity contribution in [3.8, 4) is 55.6 Å². The van der Waals surface area contributed by atoms with E-state index in [9.17, 15) is 0 Å². The van der Waals surface area contributed by atoms with Gasteiger partial charge in [0.2, 0.25) is 26.9 Å². The van der Waals surface area contributed by atoms with Gasteiger partial charge in [-0.1, -0.05) is 190 Å². The van der Waals surface area contributed by atoms with Crippen molar-refractivity contribution in [1.82, 2.24) is 0 Å². The van der Waals surface area contributed by atoms with E-state index < -0.39 is 0 Å². The molecule has 0 bridgehead atoms. The molecule has 330 valence electrons. The molecule has 0 amide bonds. The molecule has 8 aromatic rings. The molecular formula is C64H52B4N2. The van der Waals surface area contributed by atoms with Gasteiger partial charge in [-0.05, 0) is 155 Å². The highest BCUT2D eigenvalue weighted by molar-refractivity contribution is 7.10. The first-order valence-corrected chi connectivity index (χ1v) is 26.3. The smallest absolute Gasteiger partial charge is 0.249 e. The van der Waals surface area contributed by atoms with Crippen LogP contribution in [-0.4, -0.2) is 26.9 Å². The molecule has 0 atom stereocenters. The Kier molecular flexibility index (Phi) is 5.98. The predicted octanol–water partition coefficient (Wildman–Crippen LogP) is 7.35. The topological polar surface area (TPSA) is 6.48 Å². The third-order valence-corrected chi connectivity index (χ3v) is 19.5. The van der Waals surface area contributed by atoms with Gasteiger partial charge in [-0.3, -0.25) is 0 Å². The molecular weight excluding hydrogens is 840 g/mol. The number of anilines is 6. The quantitative estimate of drug-likeness (QED) is 0.147. The fourth-order valence-electron chi connectivity index (χ4n) is 16.3. The third-order valence-electron chi connectivity index (χ3n) is 19.5. The van der Waals surface area contributed by atoms with Crippen LogP contribution < -0.4 is 75.4 Å². The predicted molar refractivity (Wildman–Crippen MR) is 304 cm³/mol. The molecule has 0 spiro atoms. The monoisotopic (exact) mass is 892 g/mol. The first kappa shape index (κ1) is 38.4. The summed E-state index contributed by atoms with van der Waals surface area (Å²) in [5.74, 6) is 0. The van der Waals surface area contributed by atoms with E-state index in [0.29, 0.717) is 0 Å². The summed E-state index contributed by atoms with van der Waals surface area (Å²) in [6.07, 6.45) is 0. The van der Waals surface area contributed by atoms with E-state index in [4.69, 9.17) is 0 Å². The van der Waals surface area contributed by atoms with Gasteiger partial charge in [0.15, 0.2) is 0 Å². The maximum absolute atomic E-state index is 2.92. The summed E-state index contributed by atoms with van der Waals surface area (Å²) in [6.45, 7) is 29.3. The third kappa shape index (κ3) is 3.88. The standard InChI is InChI=1S/C64H52B4N2/c1-61(2,3)29-13-16-43-33(21-29)38-26-39-35-23-31(63(7,8)9)15-18-45(35)67-48-28-42-37-25-32(64(10,11)12)24-36-41-27-40-34-22-30(62(4,5)6)14-17-44(34)66-47-20-19-46-55-56(47)70-59(51(40)66)53(41)68(49(36)37)54(42)60(70)57(48)69(55)58(52(39)67)50(38)65(43)46/h13-28H,1-12H3. The molecule has 0 saturated heterocycles. The van der Waals surface area contributed by atoms with Crippen LogP contribution in [0, 0.1) is 0 Å². The van der Waals surface area contributed by atoms with Gasteiger partial charge in [-0.25, -0.2) is 0 Å². The van der Waals surface area contributed by atoms with Crippen molar-refractivity contribution in [3.63, 3.8) is 0 Å². The lowest BCUT2D eigenvalue weighted by atomic mass is 9.30. The second kappa shape index (κ2) is 10.9. The average Bonchev–Trinajstić information content (AvgIpc) is 4.11. The minimum atomic E-state index is -0.00135. The fourth-order valence-corrected chi connectivity index (χ4v) is 16.3. The van der Waals surface area contributed by atoms with Gasteiger partial charge < -0.3 is 9.80 Å². The van der Waals surface area contributed by atoms with Crippen LogP contribution in [0.3, 0.4) is 0 Å². The van der Waals surface area contributed by atoms with E-state index in [1.165, 1.54) is 156 Å². The molecule has 0 aromatic heterocycles. The zero-order valence-electron chi connectivity index (χ0n) is 42.4. The van der Waals surface area contributed by atoms with Crippen molar-refractivity contribution in [1.29, 1.82) is 0 Å². The Labute approximate surface area is 413 Å².